The van der Waals surface area contributed by atoms with Gasteiger partial charge in [-0.15, -0.1) is 0 Å². The number of pyridine rings is 1. The maximum atomic E-state index is 12.6. The SMILES string of the molecule is N#CCc1ncc(N)c(C(F)F)c1[N+](=O)[O-]. The molecule has 0 amide bonds. The molecule has 1 aromatic rings. The Hall–Kier alpha value is -2.30. The Labute approximate surface area is 88.5 Å². The Balaban J connectivity index is 3.51. The Kier molecular flexibility index (Phi) is 3.30. The predicted octanol–water partition coefficient (Wildman–Crippen LogP) is 1.58. The van der Waals surface area contributed by atoms with Gasteiger partial charge < -0.3 is 5.73 Å². The van der Waals surface area contributed by atoms with Crippen molar-refractivity contribution in [2.75, 3.05) is 5.73 Å². The summed E-state index contributed by atoms with van der Waals surface area (Å²) in [5.41, 5.74) is 2.67. The van der Waals surface area contributed by atoms with E-state index in [2.05, 4.69) is 4.98 Å². The number of alkyl halides is 2. The first-order chi connectivity index (χ1) is 7.49. The Morgan fingerprint density at radius 3 is 2.75 bits per heavy atom. The van der Waals surface area contributed by atoms with Gasteiger partial charge in [0.25, 0.3) is 6.43 Å². The summed E-state index contributed by atoms with van der Waals surface area (Å²) < 4.78 is 25.1. The predicted molar refractivity (Wildman–Crippen MR) is 49.6 cm³/mol. The van der Waals surface area contributed by atoms with E-state index in [-0.39, 0.29) is 5.69 Å². The molecule has 1 heterocycles. The number of nitrogen functional groups attached to an aromatic ring is 1. The van der Waals surface area contributed by atoms with E-state index >= 15 is 0 Å². The maximum Gasteiger partial charge on any atom is 0.302 e. The molecular formula is C8H6F2N4O2. The summed E-state index contributed by atoms with van der Waals surface area (Å²) in [5.74, 6) is 0. The van der Waals surface area contributed by atoms with Crippen LogP contribution in [0.25, 0.3) is 0 Å². The quantitative estimate of drug-likeness (QED) is 0.624. The monoisotopic (exact) mass is 228 g/mol. The van der Waals surface area contributed by atoms with Crippen molar-refractivity contribution in [3.8, 4) is 6.07 Å². The third kappa shape index (κ3) is 2.03. The number of aromatic nitrogens is 1. The molecule has 0 radical (unpaired) electrons. The molecule has 0 saturated carbocycles. The molecule has 1 aromatic heterocycles. The standard InChI is InChI=1S/C8H6F2N4O2/c9-8(10)6-4(12)3-13-5(1-2-11)7(6)14(15)16/h3,8H,1,12H2. The van der Waals surface area contributed by atoms with E-state index in [1.807, 2.05) is 0 Å². The van der Waals surface area contributed by atoms with Crippen molar-refractivity contribution < 1.29 is 13.7 Å². The van der Waals surface area contributed by atoms with Crippen molar-refractivity contribution in [3.05, 3.63) is 27.6 Å². The molecule has 0 unspecified atom stereocenters. The number of halogens is 2. The average Bonchev–Trinajstić information content (AvgIpc) is 2.19. The lowest BCUT2D eigenvalue weighted by Gasteiger charge is -2.07. The van der Waals surface area contributed by atoms with Crippen LogP contribution in [0.4, 0.5) is 20.2 Å². The minimum absolute atomic E-state index is 0.308. The van der Waals surface area contributed by atoms with Crippen LogP contribution in [0.15, 0.2) is 6.20 Å². The van der Waals surface area contributed by atoms with Crippen LogP contribution in [0.5, 0.6) is 0 Å². The van der Waals surface area contributed by atoms with E-state index in [9.17, 15) is 18.9 Å². The highest BCUT2D eigenvalue weighted by Crippen LogP contribution is 2.35. The van der Waals surface area contributed by atoms with Gasteiger partial charge in [-0.2, -0.15) is 5.26 Å². The number of rotatable bonds is 3. The first kappa shape index (κ1) is 11.8. The molecule has 84 valence electrons. The fourth-order valence-corrected chi connectivity index (χ4v) is 1.21. The number of hydrogen-bond acceptors (Lipinski definition) is 5. The van der Waals surface area contributed by atoms with Crippen LogP contribution in [0.3, 0.4) is 0 Å². The molecule has 0 aliphatic rings. The van der Waals surface area contributed by atoms with Crippen LogP contribution in [-0.2, 0) is 6.42 Å². The molecule has 0 fully saturated rings. The molecular weight excluding hydrogens is 222 g/mol. The molecule has 16 heavy (non-hydrogen) atoms. The molecule has 0 aliphatic carbocycles. The first-order valence-electron chi connectivity index (χ1n) is 4.05. The van der Waals surface area contributed by atoms with Crippen molar-refractivity contribution in [3.63, 3.8) is 0 Å². The van der Waals surface area contributed by atoms with Crippen LogP contribution in [0.1, 0.15) is 17.7 Å². The molecule has 8 heteroatoms. The van der Waals surface area contributed by atoms with Crippen LogP contribution < -0.4 is 5.73 Å². The van der Waals surface area contributed by atoms with Gasteiger partial charge in [-0.25, -0.2) is 8.78 Å². The van der Waals surface area contributed by atoms with Gasteiger partial charge in [0.1, 0.15) is 11.3 Å². The lowest BCUT2D eigenvalue weighted by Crippen LogP contribution is -2.06. The van der Waals surface area contributed by atoms with E-state index in [4.69, 9.17) is 11.0 Å². The Bertz CT molecular complexity index is 470. The van der Waals surface area contributed by atoms with Crippen molar-refractivity contribution in [1.82, 2.24) is 4.98 Å². The number of nitrogens with two attached hydrogens (primary N) is 1. The zero-order valence-electron chi connectivity index (χ0n) is 7.85. The molecule has 0 bridgehead atoms. The van der Waals surface area contributed by atoms with Gasteiger partial charge in [-0.1, -0.05) is 0 Å². The van der Waals surface area contributed by atoms with Gasteiger partial charge in [0.15, 0.2) is 0 Å². The minimum atomic E-state index is -3.08. The lowest BCUT2D eigenvalue weighted by atomic mass is 10.1. The molecule has 0 atom stereocenters. The van der Waals surface area contributed by atoms with E-state index < -0.39 is 34.7 Å². The highest BCUT2D eigenvalue weighted by molar-refractivity contribution is 5.59. The van der Waals surface area contributed by atoms with E-state index in [0.29, 0.717) is 0 Å². The van der Waals surface area contributed by atoms with Crippen molar-refractivity contribution in [1.29, 1.82) is 5.26 Å². The van der Waals surface area contributed by atoms with Gasteiger partial charge in [0.05, 0.1) is 29.3 Å². The van der Waals surface area contributed by atoms with Gasteiger partial charge in [-0.05, 0) is 0 Å². The van der Waals surface area contributed by atoms with Crippen LogP contribution >= 0.6 is 0 Å². The second-order valence-electron chi connectivity index (χ2n) is 2.82. The van der Waals surface area contributed by atoms with Crippen LogP contribution in [0.2, 0.25) is 0 Å². The van der Waals surface area contributed by atoms with Crippen LogP contribution in [-0.4, -0.2) is 9.91 Å². The number of nitriles is 1. The highest BCUT2D eigenvalue weighted by atomic mass is 19.3. The molecule has 0 saturated heterocycles. The number of nitro groups is 1. The van der Waals surface area contributed by atoms with Gasteiger partial charge in [0, 0.05) is 0 Å². The fraction of sp³-hybridized carbons (Fsp3) is 0.250. The van der Waals surface area contributed by atoms with E-state index in [1.54, 1.807) is 6.07 Å². The molecule has 0 aliphatic heterocycles. The molecule has 6 nitrogen and oxygen atoms in total. The largest absolute Gasteiger partial charge is 0.397 e. The minimum Gasteiger partial charge on any atom is -0.397 e. The van der Waals surface area contributed by atoms with Gasteiger partial charge in [-0.3, -0.25) is 15.1 Å². The summed E-state index contributed by atoms with van der Waals surface area (Å²) in [5, 5.41) is 19.0. The molecule has 0 aromatic carbocycles. The highest BCUT2D eigenvalue weighted by Gasteiger charge is 2.29. The summed E-state index contributed by atoms with van der Waals surface area (Å²) in [6.07, 6.45) is -2.61. The molecule has 2 N–H and O–H groups in total. The van der Waals surface area contributed by atoms with Crippen LogP contribution in [0, 0.1) is 21.4 Å². The smallest absolute Gasteiger partial charge is 0.302 e. The van der Waals surface area contributed by atoms with Crippen molar-refractivity contribution >= 4 is 11.4 Å². The Morgan fingerprint density at radius 2 is 2.31 bits per heavy atom. The van der Waals surface area contributed by atoms with E-state index in [1.165, 1.54) is 0 Å². The molecule has 1 rings (SSSR count). The Morgan fingerprint density at radius 1 is 1.69 bits per heavy atom. The summed E-state index contributed by atoms with van der Waals surface area (Å²) in [6.45, 7) is 0. The molecule has 0 spiro atoms. The van der Waals surface area contributed by atoms with Crippen molar-refractivity contribution in [2.45, 2.75) is 12.8 Å². The van der Waals surface area contributed by atoms with Gasteiger partial charge in [0.2, 0.25) is 0 Å². The fourth-order valence-electron chi connectivity index (χ4n) is 1.21. The summed E-state index contributed by atoms with van der Waals surface area (Å²) in [7, 11) is 0. The lowest BCUT2D eigenvalue weighted by molar-refractivity contribution is -0.387. The summed E-state index contributed by atoms with van der Waals surface area (Å²) in [6, 6.07) is 1.61. The number of anilines is 1. The maximum absolute atomic E-state index is 12.6. The zero-order valence-corrected chi connectivity index (χ0v) is 7.85. The number of hydrogen-bond donors (Lipinski definition) is 1. The number of nitrogens with zero attached hydrogens (tertiary/aromatic N) is 3. The third-order valence-electron chi connectivity index (χ3n) is 1.85. The van der Waals surface area contributed by atoms with Gasteiger partial charge >= 0.3 is 5.69 Å². The zero-order chi connectivity index (χ0) is 12.3. The third-order valence-corrected chi connectivity index (χ3v) is 1.85. The van der Waals surface area contributed by atoms with E-state index in [0.717, 1.165) is 6.20 Å². The normalized spacial score (nSPS) is 10.1. The summed E-state index contributed by atoms with van der Waals surface area (Å²) in [4.78, 5) is 13.1. The second-order valence-corrected chi connectivity index (χ2v) is 2.82. The summed E-state index contributed by atoms with van der Waals surface area (Å²) >= 11 is 0. The second kappa shape index (κ2) is 4.48. The topological polar surface area (TPSA) is 106 Å². The van der Waals surface area contributed by atoms with Crippen molar-refractivity contribution in [2.24, 2.45) is 0 Å². The average molecular weight is 228 g/mol. The first-order valence-corrected chi connectivity index (χ1v) is 4.05.